The van der Waals surface area contributed by atoms with Crippen molar-refractivity contribution in [3.8, 4) is 0 Å². The van der Waals surface area contributed by atoms with Gasteiger partial charge < -0.3 is 4.90 Å². The number of anilines is 1. The van der Waals surface area contributed by atoms with Crippen molar-refractivity contribution in [1.82, 2.24) is 19.9 Å². The third kappa shape index (κ3) is 2.42. The largest absolute Gasteiger partial charge is 0.304 e. The highest BCUT2D eigenvalue weighted by atomic mass is 15.5. The summed E-state index contributed by atoms with van der Waals surface area (Å²) in [5.74, 6) is 0.679. The minimum absolute atomic E-state index is 0.679. The zero-order valence-corrected chi connectivity index (χ0v) is 10.5. The van der Waals surface area contributed by atoms with Gasteiger partial charge in [-0.05, 0) is 13.1 Å². The Morgan fingerprint density at radius 2 is 1.89 bits per heavy atom. The molecule has 1 N–H and O–H groups in total. The van der Waals surface area contributed by atoms with Crippen molar-refractivity contribution in [1.29, 1.82) is 0 Å². The van der Waals surface area contributed by atoms with E-state index in [1.54, 1.807) is 0 Å². The summed E-state index contributed by atoms with van der Waals surface area (Å²) in [5.41, 5.74) is 4.25. The zero-order valence-electron chi connectivity index (χ0n) is 10.5. The van der Waals surface area contributed by atoms with Gasteiger partial charge in [-0.1, -0.05) is 18.2 Å². The van der Waals surface area contributed by atoms with E-state index in [0.717, 1.165) is 37.1 Å². The van der Waals surface area contributed by atoms with Gasteiger partial charge in [0.1, 0.15) is 0 Å². The standard InChI is InChI=1S/C13H17N5/c1-17-6-8-18(9-7-17)16-13-14-10-11-4-2-3-5-12(11)15-13/h2-5,10H,6-9H2,1H3,(H,14,15,16). The van der Waals surface area contributed by atoms with Crippen LogP contribution in [0.3, 0.4) is 0 Å². The first kappa shape index (κ1) is 11.4. The number of aromatic nitrogens is 2. The van der Waals surface area contributed by atoms with Crippen LogP contribution in [0.4, 0.5) is 5.95 Å². The van der Waals surface area contributed by atoms with E-state index >= 15 is 0 Å². The van der Waals surface area contributed by atoms with Gasteiger partial charge >= 0.3 is 0 Å². The summed E-state index contributed by atoms with van der Waals surface area (Å²) < 4.78 is 0. The molecule has 1 aliphatic heterocycles. The zero-order chi connectivity index (χ0) is 12.4. The SMILES string of the molecule is CN1CCN(Nc2ncc3ccccc3n2)CC1. The minimum atomic E-state index is 0.679. The Morgan fingerprint density at radius 1 is 1.11 bits per heavy atom. The third-order valence-corrected chi connectivity index (χ3v) is 3.25. The van der Waals surface area contributed by atoms with Crippen molar-refractivity contribution >= 4 is 16.9 Å². The van der Waals surface area contributed by atoms with E-state index < -0.39 is 0 Å². The van der Waals surface area contributed by atoms with Crippen LogP contribution >= 0.6 is 0 Å². The molecule has 1 saturated heterocycles. The van der Waals surface area contributed by atoms with E-state index in [9.17, 15) is 0 Å². The molecule has 0 bridgehead atoms. The number of hydrogen-bond acceptors (Lipinski definition) is 5. The summed E-state index contributed by atoms with van der Waals surface area (Å²) in [5, 5.41) is 3.24. The molecule has 1 aromatic heterocycles. The van der Waals surface area contributed by atoms with Gasteiger partial charge in [-0.15, -0.1) is 0 Å². The van der Waals surface area contributed by atoms with Gasteiger partial charge in [0.15, 0.2) is 0 Å². The molecule has 0 spiro atoms. The second-order valence-corrected chi connectivity index (χ2v) is 4.65. The van der Waals surface area contributed by atoms with E-state index in [-0.39, 0.29) is 0 Å². The lowest BCUT2D eigenvalue weighted by Crippen LogP contribution is -2.47. The molecule has 0 amide bonds. The van der Waals surface area contributed by atoms with E-state index in [0.29, 0.717) is 5.95 Å². The van der Waals surface area contributed by atoms with Crippen LogP contribution in [0.2, 0.25) is 0 Å². The van der Waals surface area contributed by atoms with E-state index in [1.165, 1.54) is 0 Å². The van der Waals surface area contributed by atoms with Crippen molar-refractivity contribution in [2.24, 2.45) is 0 Å². The van der Waals surface area contributed by atoms with Gasteiger partial charge in [0, 0.05) is 37.8 Å². The molecular weight excluding hydrogens is 226 g/mol. The highest BCUT2D eigenvalue weighted by Gasteiger charge is 2.14. The summed E-state index contributed by atoms with van der Waals surface area (Å²) in [6, 6.07) is 8.02. The lowest BCUT2D eigenvalue weighted by Gasteiger charge is -2.32. The molecule has 0 aliphatic carbocycles. The maximum Gasteiger partial charge on any atom is 0.238 e. The minimum Gasteiger partial charge on any atom is -0.304 e. The smallest absolute Gasteiger partial charge is 0.238 e. The lowest BCUT2D eigenvalue weighted by atomic mass is 10.2. The number of hydrogen-bond donors (Lipinski definition) is 1. The Morgan fingerprint density at radius 3 is 2.72 bits per heavy atom. The number of para-hydroxylation sites is 1. The van der Waals surface area contributed by atoms with Crippen LogP contribution in [0.25, 0.3) is 10.9 Å². The van der Waals surface area contributed by atoms with Crippen molar-refractivity contribution in [2.75, 3.05) is 38.7 Å². The Hall–Kier alpha value is -1.72. The molecule has 5 nitrogen and oxygen atoms in total. The average molecular weight is 243 g/mol. The number of benzene rings is 1. The van der Waals surface area contributed by atoms with Crippen LogP contribution in [0.15, 0.2) is 30.5 Å². The second kappa shape index (κ2) is 4.88. The lowest BCUT2D eigenvalue weighted by molar-refractivity contribution is 0.178. The first-order valence-electron chi connectivity index (χ1n) is 6.23. The molecule has 2 aromatic rings. The van der Waals surface area contributed by atoms with Crippen LogP contribution in [-0.4, -0.2) is 53.1 Å². The number of piperazine rings is 1. The van der Waals surface area contributed by atoms with Crippen molar-refractivity contribution in [2.45, 2.75) is 0 Å². The van der Waals surface area contributed by atoms with Crippen molar-refractivity contribution < 1.29 is 0 Å². The maximum absolute atomic E-state index is 4.51. The monoisotopic (exact) mass is 243 g/mol. The van der Waals surface area contributed by atoms with Gasteiger partial charge in [0.05, 0.1) is 5.52 Å². The van der Waals surface area contributed by atoms with Gasteiger partial charge in [-0.3, -0.25) is 5.43 Å². The number of rotatable bonds is 2. The van der Waals surface area contributed by atoms with Gasteiger partial charge in [0.2, 0.25) is 5.95 Å². The molecule has 2 heterocycles. The van der Waals surface area contributed by atoms with E-state index in [4.69, 9.17) is 0 Å². The molecule has 94 valence electrons. The predicted octanol–water partition coefficient (Wildman–Crippen LogP) is 1.20. The van der Waals surface area contributed by atoms with Gasteiger partial charge in [-0.2, -0.15) is 0 Å². The molecular formula is C13H17N5. The first-order chi connectivity index (χ1) is 8.81. The highest BCUT2D eigenvalue weighted by Crippen LogP contribution is 2.12. The summed E-state index contributed by atoms with van der Waals surface area (Å²) in [7, 11) is 2.14. The average Bonchev–Trinajstić information content (AvgIpc) is 2.41. The summed E-state index contributed by atoms with van der Waals surface area (Å²) in [6.07, 6.45) is 1.86. The van der Waals surface area contributed by atoms with Crippen molar-refractivity contribution in [3.05, 3.63) is 30.5 Å². The van der Waals surface area contributed by atoms with Gasteiger partial charge in [0.25, 0.3) is 0 Å². The molecule has 5 heteroatoms. The summed E-state index contributed by atoms with van der Waals surface area (Å²) >= 11 is 0. The van der Waals surface area contributed by atoms with Gasteiger partial charge in [-0.25, -0.2) is 15.0 Å². The Kier molecular flexibility index (Phi) is 3.08. The molecule has 0 atom stereocenters. The molecule has 0 saturated carbocycles. The fourth-order valence-corrected chi connectivity index (χ4v) is 2.09. The van der Waals surface area contributed by atoms with E-state index in [1.807, 2.05) is 30.5 Å². The van der Waals surface area contributed by atoms with E-state index in [2.05, 4.69) is 32.4 Å². The van der Waals surface area contributed by atoms with Crippen LogP contribution in [-0.2, 0) is 0 Å². The number of likely N-dealkylation sites (N-methyl/N-ethyl adjacent to an activating group) is 1. The Bertz CT molecular complexity index is 534. The number of nitrogens with one attached hydrogen (secondary N) is 1. The van der Waals surface area contributed by atoms with Crippen LogP contribution in [0.1, 0.15) is 0 Å². The maximum atomic E-state index is 4.51. The topological polar surface area (TPSA) is 44.3 Å². The molecule has 0 radical (unpaired) electrons. The molecule has 1 aromatic carbocycles. The molecule has 0 unspecified atom stereocenters. The quantitative estimate of drug-likeness (QED) is 0.858. The fourth-order valence-electron chi connectivity index (χ4n) is 2.09. The number of fused-ring (bicyclic) bond motifs is 1. The molecule has 1 aliphatic rings. The first-order valence-corrected chi connectivity index (χ1v) is 6.23. The molecule has 1 fully saturated rings. The highest BCUT2D eigenvalue weighted by molar-refractivity contribution is 5.78. The summed E-state index contributed by atoms with van der Waals surface area (Å²) in [4.78, 5) is 11.2. The third-order valence-electron chi connectivity index (χ3n) is 3.25. The fraction of sp³-hybridized carbons (Fsp3) is 0.385. The van der Waals surface area contributed by atoms with Crippen molar-refractivity contribution in [3.63, 3.8) is 0 Å². The normalized spacial score (nSPS) is 18.1. The number of hydrazine groups is 1. The molecule has 18 heavy (non-hydrogen) atoms. The molecule has 3 rings (SSSR count). The Balaban J connectivity index is 1.74. The second-order valence-electron chi connectivity index (χ2n) is 4.65. The Labute approximate surface area is 106 Å². The van der Waals surface area contributed by atoms with Crippen LogP contribution in [0.5, 0.6) is 0 Å². The van der Waals surface area contributed by atoms with Crippen LogP contribution in [0, 0.1) is 0 Å². The summed E-state index contributed by atoms with van der Waals surface area (Å²) in [6.45, 7) is 4.13. The predicted molar refractivity (Wildman–Crippen MR) is 72.2 cm³/mol. The number of nitrogens with zero attached hydrogens (tertiary/aromatic N) is 4. The van der Waals surface area contributed by atoms with Crippen LogP contribution < -0.4 is 5.43 Å².